The summed E-state index contributed by atoms with van der Waals surface area (Å²) in [6, 6.07) is 9.56. The zero-order valence-corrected chi connectivity index (χ0v) is 16.4. The Labute approximate surface area is 165 Å². The molecule has 1 aromatic carbocycles. The molecule has 148 valence electrons. The first-order chi connectivity index (χ1) is 13.6. The first-order valence-corrected chi connectivity index (χ1v) is 10.2. The third-order valence-corrected chi connectivity index (χ3v) is 5.50. The van der Waals surface area contributed by atoms with Crippen molar-refractivity contribution in [3.63, 3.8) is 0 Å². The monoisotopic (exact) mass is 380 g/mol. The maximum absolute atomic E-state index is 12.8. The molecule has 3 rings (SSSR count). The van der Waals surface area contributed by atoms with E-state index < -0.39 is 0 Å². The Morgan fingerprint density at radius 2 is 2.07 bits per heavy atom. The highest BCUT2D eigenvalue weighted by atomic mass is 16.2. The van der Waals surface area contributed by atoms with Crippen molar-refractivity contribution in [2.45, 2.75) is 57.9 Å². The van der Waals surface area contributed by atoms with Gasteiger partial charge in [-0.05, 0) is 49.3 Å². The molecule has 1 aliphatic carbocycles. The lowest BCUT2D eigenvalue weighted by molar-refractivity contribution is -0.126. The second-order valence-corrected chi connectivity index (χ2v) is 7.55. The van der Waals surface area contributed by atoms with E-state index in [1.165, 1.54) is 5.69 Å². The van der Waals surface area contributed by atoms with E-state index in [1.807, 2.05) is 24.3 Å². The molecular formula is C22H28N4O2. The second-order valence-electron chi connectivity index (χ2n) is 7.55. The van der Waals surface area contributed by atoms with Gasteiger partial charge in [0.2, 0.25) is 5.91 Å². The predicted octanol–water partition coefficient (Wildman–Crippen LogP) is 3.44. The standard InChI is InChI=1S/C22H28N4O2/c1-2-3-6-17-13-15-9-10-16(14-20(15)25-17)21(27)26-19-8-5-4-7-18(19)22(28)24-12-11-23/h9-10,13-14,18-19,25H,2-8,12H2,1H3,(H,24,28)(H,26,27). The molecule has 28 heavy (non-hydrogen) atoms. The Kier molecular flexibility index (Phi) is 6.70. The fraction of sp³-hybridized carbons (Fsp3) is 0.500. The fourth-order valence-electron chi connectivity index (χ4n) is 3.96. The Morgan fingerprint density at radius 1 is 1.25 bits per heavy atom. The maximum Gasteiger partial charge on any atom is 0.251 e. The van der Waals surface area contributed by atoms with Gasteiger partial charge in [-0.2, -0.15) is 5.26 Å². The number of nitrogens with one attached hydrogen (secondary N) is 3. The Balaban J connectivity index is 1.70. The highest BCUT2D eigenvalue weighted by Crippen LogP contribution is 2.25. The van der Waals surface area contributed by atoms with Gasteiger partial charge in [-0.1, -0.05) is 32.3 Å². The number of aromatic amines is 1. The zero-order valence-electron chi connectivity index (χ0n) is 16.4. The number of aromatic nitrogens is 1. The number of nitrogens with zero attached hydrogens (tertiary/aromatic N) is 1. The van der Waals surface area contributed by atoms with Gasteiger partial charge in [0, 0.05) is 22.8 Å². The first kappa shape index (κ1) is 19.9. The van der Waals surface area contributed by atoms with Gasteiger partial charge in [0.1, 0.15) is 6.54 Å². The van der Waals surface area contributed by atoms with Crippen molar-refractivity contribution in [2.24, 2.45) is 5.92 Å². The number of hydrogen-bond acceptors (Lipinski definition) is 3. The lowest BCUT2D eigenvalue weighted by atomic mass is 9.83. The molecule has 0 radical (unpaired) electrons. The fourth-order valence-corrected chi connectivity index (χ4v) is 3.96. The highest BCUT2D eigenvalue weighted by molar-refractivity contribution is 5.98. The normalized spacial score (nSPS) is 19.1. The molecule has 2 aromatic rings. The number of benzene rings is 1. The van der Waals surface area contributed by atoms with Gasteiger partial charge in [-0.25, -0.2) is 0 Å². The predicted molar refractivity (Wildman–Crippen MR) is 109 cm³/mol. The van der Waals surface area contributed by atoms with E-state index in [-0.39, 0.29) is 30.3 Å². The molecule has 0 aliphatic heterocycles. The van der Waals surface area contributed by atoms with Crippen LogP contribution in [0.3, 0.4) is 0 Å². The summed E-state index contributed by atoms with van der Waals surface area (Å²) in [7, 11) is 0. The van der Waals surface area contributed by atoms with E-state index in [0.29, 0.717) is 5.56 Å². The summed E-state index contributed by atoms with van der Waals surface area (Å²) in [6.07, 6.45) is 6.76. The molecule has 1 fully saturated rings. The lowest BCUT2D eigenvalue weighted by Crippen LogP contribution is -2.48. The third-order valence-electron chi connectivity index (χ3n) is 5.50. The Bertz CT molecular complexity index is 880. The molecule has 2 unspecified atom stereocenters. The largest absolute Gasteiger partial charge is 0.358 e. The van der Waals surface area contributed by atoms with E-state index in [9.17, 15) is 9.59 Å². The van der Waals surface area contributed by atoms with Crippen molar-refractivity contribution < 1.29 is 9.59 Å². The van der Waals surface area contributed by atoms with Crippen LogP contribution < -0.4 is 10.6 Å². The third kappa shape index (κ3) is 4.72. The average Bonchev–Trinajstić information content (AvgIpc) is 3.12. The summed E-state index contributed by atoms with van der Waals surface area (Å²) in [5.41, 5.74) is 2.75. The van der Waals surface area contributed by atoms with Gasteiger partial charge in [0.15, 0.2) is 0 Å². The number of amides is 2. The molecule has 0 saturated heterocycles. The average molecular weight is 380 g/mol. The van der Waals surface area contributed by atoms with Crippen LogP contribution in [0.4, 0.5) is 0 Å². The first-order valence-electron chi connectivity index (χ1n) is 10.2. The van der Waals surface area contributed by atoms with Crippen LogP contribution in [-0.2, 0) is 11.2 Å². The van der Waals surface area contributed by atoms with Gasteiger partial charge >= 0.3 is 0 Å². The Hall–Kier alpha value is -2.81. The Morgan fingerprint density at radius 3 is 2.86 bits per heavy atom. The van der Waals surface area contributed by atoms with Crippen LogP contribution in [0.25, 0.3) is 10.9 Å². The van der Waals surface area contributed by atoms with Crippen LogP contribution in [0, 0.1) is 17.2 Å². The lowest BCUT2D eigenvalue weighted by Gasteiger charge is -2.31. The summed E-state index contributed by atoms with van der Waals surface area (Å²) in [5, 5.41) is 15.5. The van der Waals surface area contributed by atoms with Crippen molar-refractivity contribution in [1.82, 2.24) is 15.6 Å². The number of H-pyrrole nitrogens is 1. The highest BCUT2D eigenvalue weighted by Gasteiger charge is 2.32. The molecule has 6 heteroatoms. The summed E-state index contributed by atoms with van der Waals surface area (Å²) < 4.78 is 0. The second kappa shape index (κ2) is 9.41. The van der Waals surface area contributed by atoms with E-state index >= 15 is 0 Å². The van der Waals surface area contributed by atoms with Gasteiger partial charge in [-0.15, -0.1) is 0 Å². The van der Waals surface area contributed by atoms with Crippen molar-refractivity contribution in [1.29, 1.82) is 5.26 Å². The van der Waals surface area contributed by atoms with Crippen LogP contribution in [-0.4, -0.2) is 29.4 Å². The maximum atomic E-state index is 12.8. The molecule has 0 bridgehead atoms. The van der Waals surface area contributed by atoms with Crippen LogP contribution in [0.1, 0.15) is 61.5 Å². The van der Waals surface area contributed by atoms with E-state index in [2.05, 4.69) is 28.6 Å². The molecule has 0 spiro atoms. The van der Waals surface area contributed by atoms with Crippen LogP contribution in [0.5, 0.6) is 0 Å². The van der Waals surface area contributed by atoms with Crippen molar-refractivity contribution in [3.05, 3.63) is 35.5 Å². The molecule has 2 amide bonds. The molecule has 1 aromatic heterocycles. The van der Waals surface area contributed by atoms with E-state index in [1.54, 1.807) is 0 Å². The van der Waals surface area contributed by atoms with Crippen LogP contribution in [0.15, 0.2) is 24.3 Å². The van der Waals surface area contributed by atoms with Crippen molar-refractivity contribution >= 4 is 22.7 Å². The molecule has 3 N–H and O–H groups in total. The number of unbranched alkanes of at least 4 members (excludes halogenated alkanes) is 1. The molecule has 1 saturated carbocycles. The number of aryl methyl sites for hydroxylation is 1. The number of rotatable bonds is 7. The number of carbonyl (C=O) groups is 2. The molecule has 1 aliphatic rings. The minimum absolute atomic E-state index is 0.000143. The van der Waals surface area contributed by atoms with Gasteiger partial charge in [0.25, 0.3) is 5.91 Å². The molecule has 1 heterocycles. The van der Waals surface area contributed by atoms with Crippen molar-refractivity contribution in [2.75, 3.05) is 6.54 Å². The summed E-state index contributed by atoms with van der Waals surface area (Å²) in [4.78, 5) is 28.5. The van der Waals surface area contributed by atoms with E-state index in [0.717, 1.165) is 55.8 Å². The topological polar surface area (TPSA) is 97.8 Å². The van der Waals surface area contributed by atoms with Crippen LogP contribution in [0.2, 0.25) is 0 Å². The van der Waals surface area contributed by atoms with Gasteiger partial charge in [0.05, 0.1) is 12.0 Å². The van der Waals surface area contributed by atoms with Gasteiger partial charge < -0.3 is 15.6 Å². The van der Waals surface area contributed by atoms with E-state index in [4.69, 9.17) is 5.26 Å². The number of hydrogen-bond donors (Lipinski definition) is 3. The summed E-state index contributed by atoms with van der Waals surface area (Å²) in [5.74, 6) is -0.579. The summed E-state index contributed by atoms with van der Waals surface area (Å²) in [6.45, 7) is 2.17. The van der Waals surface area contributed by atoms with Gasteiger partial charge in [-0.3, -0.25) is 9.59 Å². The number of fused-ring (bicyclic) bond motifs is 1. The van der Waals surface area contributed by atoms with Crippen molar-refractivity contribution in [3.8, 4) is 6.07 Å². The molecular weight excluding hydrogens is 352 g/mol. The molecule has 6 nitrogen and oxygen atoms in total. The zero-order chi connectivity index (χ0) is 19.9. The van der Waals surface area contributed by atoms with Crippen LogP contribution >= 0.6 is 0 Å². The number of carbonyl (C=O) groups excluding carboxylic acids is 2. The minimum atomic E-state index is -0.277. The quantitative estimate of drug-likeness (QED) is 0.642. The SMILES string of the molecule is CCCCc1cc2ccc(C(=O)NC3CCCCC3C(=O)NCC#N)cc2[nH]1. The number of nitriles is 1. The minimum Gasteiger partial charge on any atom is -0.358 e. The smallest absolute Gasteiger partial charge is 0.251 e. The molecule has 2 atom stereocenters. The summed E-state index contributed by atoms with van der Waals surface area (Å²) >= 11 is 0.